The van der Waals surface area contributed by atoms with Gasteiger partial charge in [-0.15, -0.1) is 0 Å². The van der Waals surface area contributed by atoms with Crippen molar-refractivity contribution in [3.8, 4) is 0 Å². The van der Waals surface area contributed by atoms with Crippen molar-refractivity contribution in [1.82, 2.24) is 10.2 Å². The topological polar surface area (TPSA) is 35.5 Å². The predicted octanol–water partition coefficient (Wildman–Crippen LogP) is 1.90. The molecule has 2 unspecified atom stereocenters. The van der Waals surface area contributed by atoms with Gasteiger partial charge in [0.1, 0.15) is 0 Å². The zero-order valence-corrected chi connectivity index (χ0v) is 11.5. The average molecular weight is 260 g/mol. The number of aliphatic hydroxyl groups excluding tert-OH is 1. The standard InChI is InChI=1S/C16H24N2O/c19-12-14-7-5-13(6-8-14)11-18-10-2-4-16(18)15-3-1-9-17-15/h5-8,15-17,19H,1-4,9-12H2. The van der Waals surface area contributed by atoms with Crippen LogP contribution in [-0.2, 0) is 13.2 Å². The summed E-state index contributed by atoms with van der Waals surface area (Å²) in [5.74, 6) is 0. The van der Waals surface area contributed by atoms with Crippen LogP contribution in [0.4, 0.5) is 0 Å². The summed E-state index contributed by atoms with van der Waals surface area (Å²) >= 11 is 0. The summed E-state index contributed by atoms with van der Waals surface area (Å²) in [6.07, 6.45) is 5.34. The van der Waals surface area contributed by atoms with Crippen LogP contribution in [0.15, 0.2) is 24.3 Å². The van der Waals surface area contributed by atoms with E-state index in [-0.39, 0.29) is 6.61 Å². The first-order valence-electron chi connectivity index (χ1n) is 7.53. The van der Waals surface area contributed by atoms with Gasteiger partial charge in [-0.2, -0.15) is 0 Å². The van der Waals surface area contributed by atoms with Gasteiger partial charge in [-0.25, -0.2) is 0 Å². The van der Waals surface area contributed by atoms with E-state index in [9.17, 15) is 0 Å². The lowest BCUT2D eigenvalue weighted by Gasteiger charge is -2.29. The first-order valence-corrected chi connectivity index (χ1v) is 7.53. The third kappa shape index (κ3) is 2.99. The van der Waals surface area contributed by atoms with Crippen LogP contribution in [0.1, 0.15) is 36.8 Å². The van der Waals surface area contributed by atoms with Gasteiger partial charge in [0.05, 0.1) is 6.61 Å². The van der Waals surface area contributed by atoms with E-state index < -0.39 is 0 Å². The van der Waals surface area contributed by atoms with Crippen molar-refractivity contribution in [2.24, 2.45) is 0 Å². The Morgan fingerprint density at radius 2 is 1.89 bits per heavy atom. The molecule has 2 aliphatic rings. The minimum absolute atomic E-state index is 0.138. The fourth-order valence-electron chi connectivity index (χ4n) is 3.53. The quantitative estimate of drug-likeness (QED) is 0.868. The maximum atomic E-state index is 9.08. The van der Waals surface area contributed by atoms with E-state index in [0.717, 1.165) is 18.2 Å². The van der Waals surface area contributed by atoms with Gasteiger partial charge in [0.25, 0.3) is 0 Å². The SMILES string of the molecule is OCc1ccc(CN2CCCC2C2CCCN2)cc1. The summed E-state index contributed by atoms with van der Waals surface area (Å²) in [7, 11) is 0. The van der Waals surface area contributed by atoms with Crippen LogP contribution in [0, 0.1) is 0 Å². The fraction of sp³-hybridized carbons (Fsp3) is 0.625. The molecule has 2 atom stereocenters. The van der Waals surface area contributed by atoms with Gasteiger partial charge in [-0.3, -0.25) is 4.90 Å². The van der Waals surface area contributed by atoms with Crippen molar-refractivity contribution in [3.05, 3.63) is 35.4 Å². The summed E-state index contributed by atoms with van der Waals surface area (Å²) < 4.78 is 0. The first-order chi connectivity index (χ1) is 9.36. The summed E-state index contributed by atoms with van der Waals surface area (Å²) in [5, 5.41) is 12.7. The smallest absolute Gasteiger partial charge is 0.0681 e. The molecule has 3 heteroatoms. The molecule has 0 bridgehead atoms. The summed E-state index contributed by atoms with van der Waals surface area (Å²) in [6.45, 7) is 3.61. The zero-order chi connectivity index (χ0) is 13.1. The Hall–Kier alpha value is -0.900. The lowest BCUT2D eigenvalue weighted by atomic mass is 10.0. The van der Waals surface area contributed by atoms with Crippen molar-refractivity contribution in [3.63, 3.8) is 0 Å². The van der Waals surface area contributed by atoms with Gasteiger partial charge in [-0.1, -0.05) is 24.3 Å². The molecule has 19 heavy (non-hydrogen) atoms. The number of hydrogen-bond acceptors (Lipinski definition) is 3. The summed E-state index contributed by atoms with van der Waals surface area (Å²) in [5.41, 5.74) is 2.36. The van der Waals surface area contributed by atoms with Crippen molar-refractivity contribution < 1.29 is 5.11 Å². The molecule has 3 nitrogen and oxygen atoms in total. The van der Waals surface area contributed by atoms with Crippen LogP contribution < -0.4 is 5.32 Å². The van der Waals surface area contributed by atoms with Crippen LogP contribution in [0.5, 0.6) is 0 Å². The Morgan fingerprint density at radius 3 is 2.58 bits per heavy atom. The van der Waals surface area contributed by atoms with Crippen LogP contribution >= 0.6 is 0 Å². The van der Waals surface area contributed by atoms with E-state index in [4.69, 9.17) is 5.11 Å². The van der Waals surface area contributed by atoms with Crippen molar-refractivity contribution in [2.75, 3.05) is 13.1 Å². The van der Waals surface area contributed by atoms with E-state index >= 15 is 0 Å². The Kier molecular flexibility index (Phi) is 4.16. The number of hydrogen-bond donors (Lipinski definition) is 2. The molecule has 0 amide bonds. The Balaban J connectivity index is 1.63. The van der Waals surface area contributed by atoms with Gasteiger partial charge < -0.3 is 10.4 Å². The molecule has 1 aromatic carbocycles. The largest absolute Gasteiger partial charge is 0.392 e. The second-order valence-electron chi connectivity index (χ2n) is 5.86. The number of rotatable bonds is 4. The maximum absolute atomic E-state index is 9.08. The molecular formula is C16H24N2O. The highest BCUT2D eigenvalue weighted by Gasteiger charge is 2.32. The van der Waals surface area contributed by atoms with Gasteiger partial charge >= 0.3 is 0 Å². The second-order valence-corrected chi connectivity index (χ2v) is 5.86. The molecule has 2 fully saturated rings. The lowest BCUT2D eigenvalue weighted by Crippen LogP contribution is -2.43. The highest BCUT2D eigenvalue weighted by atomic mass is 16.3. The molecule has 0 spiro atoms. The Labute approximate surface area is 115 Å². The fourth-order valence-corrected chi connectivity index (χ4v) is 3.53. The molecule has 0 aliphatic carbocycles. The number of nitrogens with one attached hydrogen (secondary N) is 1. The molecule has 1 aromatic rings. The van der Waals surface area contributed by atoms with Gasteiger partial charge in [-0.05, 0) is 49.9 Å². The number of nitrogens with zero attached hydrogens (tertiary/aromatic N) is 1. The molecule has 0 aromatic heterocycles. The maximum Gasteiger partial charge on any atom is 0.0681 e. The average Bonchev–Trinajstić information content (AvgIpc) is 3.10. The molecule has 2 N–H and O–H groups in total. The minimum Gasteiger partial charge on any atom is -0.392 e. The van der Waals surface area contributed by atoms with Crippen molar-refractivity contribution >= 4 is 0 Å². The second kappa shape index (κ2) is 6.04. The van der Waals surface area contributed by atoms with E-state index in [2.05, 4.69) is 22.3 Å². The molecule has 0 radical (unpaired) electrons. The highest BCUT2D eigenvalue weighted by molar-refractivity contribution is 5.22. The number of likely N-dealkylation sites (tertiary alicyclic amines) is 1. The van der Waals surface area contributed by atoms with Crippen molar-refractivity contribution in [1.29, 1.82) is 0 Å². The third-order valence-corrected chi connectivity index (χ3v) is 4.57. The summed E-state index contributed by atoms with van der Waals surface area (Å²) in [4.78, 5) is 2.64. The molecule has 2 aliphatic heterocycles. The molecule has 0 saturated carbocycles. The zero-order valence-electron chi connectivity index (χ0n) is 11.5. The summed E-state index contributed by atoms with van der Waals surface area (Å²) in [6, 6.07) is 9.81. The van der Waals surface area contributed by atoms with Crippen LogP contribution in [0.3, 0.4) is 0 Å². The normalized spacial score (nSPS) is 28.1. The van der Waals surface area contributed by atoms with E-state index in [1.807, 2.05) is 12.1 Å². The third-order valence-electron chi connectivity index (χ3n) is 4.57. The Morgan fingerprint density at radius 1 is 1.11 bits per heavy atom. The minimum atomic E-state index is 0.138. The van der Waals surface area contributed by atoms with E-state index in [1.165, 1.54) is 44.3 Å². The van der Waals surface area contributed by atoms with Gasteiger partial charge in [0.2, 0.25) is 0 Å². The number of aliphatic hydroxyl groups is 1. The van der Waals surface area contributed by atoms with Gasteiger partial charge in [0, 0.05) is 18.6 Å². The Bertz CT molecular complexity index is 398. The first kappa shape index (κ1) is 13.1. The van der Waals surface area contributed by atoms with Crippen LogP contribution in [0.2, 0.25) is 0 Å². The monoisotopic (exact) mass is 260 g/mol. The molecule has 2 saturated heterocycles. The van der Waals surface area contributed by atoms with Crippen molar-refractivity contribution in [2.45, 2.75) is 50.9 Å². The predicted molar refractivity (Wildman–Crippen MR) is 76.8 cm³/mol. The van der Waals surface area contributed by atoms with E-state index in [0.29, 0.717) is 6.04 Å². The van der Waals surface area contributed by atoms with Crippen LogP contribution in [0.25, 0.3) is 0 Å². The highest BCUT2D eigenvalue weighted by Crippen LogP contribution is 2.26. The molecule has 2 heterocycles. The number of benzene rings is 1. The van der Waals surface area contributed by atoms with Crippen LogP contribution in [-0.4, -0.2) is 35.2 Å². The lowest BCUT2D eigenvalue weighted by molar-refractivity contribution is 0.206. The van der Waals surface area contributed by atoms with E-state index in [1.54, 1.807) is 0 Å². The molecular weight excluding hydrogens is 236 g/mol. The molecule has 3 rings (SSSR count). The van der Waals surface area contributed by atoms with Gasteiger partial charge in [0.15, 0.2) is 0 Å². The molecule has 104 valence electrons.